The highest BCUT2D eigenvalue weighted by Crippen LogP contribution is 2.27. The van der Waals surface area contributed by atoms with Crippen LogP contribution in [-0.2, 0) is 0 Å². The van der Waals surface area contributed by atoms with Crippen LogP contribution in [0.15, 0.2) is 33.5 Å². The molecule has 0 saturated carbocycles. The molecule has 0 aliphatic heterocycles. The van der Waals surface area contributed by atoms with E-state index >= 15 is 0 Å². The van der Waals surface area contributed by atoms with Crippen LogP contribution in [0.2, 0.25) is 5.02 Å². The molecule has 0 saturated heterocycles. The zero-order valence-corrected chi connectivity index (χ0v) is 12.6. The Morgan fingerprint density at radius 2 is 2.00 bits per heavy atom. The number of hydrogen-bond donors (Lipinski definition) is 1. The molecule has 2 rings (SSSR count). The molecule has 1 N–H and O–H groups in total. The van der Waals surface area contributed by atoms with Crippen molar-refractivity contribution in [3.8, 4) is 5.75 Å². The summed E-state index contributed by atoms with van der Waals surface area (Å²) in [4.78, 5) is 23.5. The number of rotatable bonds is 3. The highest BCUT2D eigenvalue weighted by atomic mass is 35.5. The van der Waals surface area contributed by atoms with Gasteiger partial charge in [0, 0.05) is 11.8 Å². The third kappa shape index (κ3) is 3.25. The van der Waals surface area contributed by atoms with E-state index in [9.17, 15) is 9.59 Å². The molecule has 1 heterocycles. The van der Waals surface area contributed by atoms with Crippen LogP contribution in [0.3, 0.4) is 0 Å². The lowest BCUT2D eigenvalue weighted by atomic mass is 10.1. The smallest absolute Gasteiger partial charge is 0.336 e. The van der Waals surface area contributed by atoms with Gasteiger partial charge in [-0.15, -0.1) is 0 Å². The Morgan fingerprint density at radius 3 is 2.57 bits per heavy atom. The van der Waals surface area contributed by atoms with Crippen LogP contribution >= 0.6 is 11.6 Å². The van der Waals surface area contributed by atoms with E-state index in [0.717, 1.165) is 0 Å². The normalized spacial score (nSPS) is 10.3. The molecule has 0 atom stereocenters. The molecule has 1 aromatic heterocycles. The summed E-state index contributed by atoms with van der Waals surface area (Å²) in [5.41, 5.74) is 0.937. The standard InChI is InChI=1S/C15H14ClNO4/c1-8-6-13(18)21-9(2)14(8)15(19)17-10-4-5-12(20-3)11(16)7-10/h4-7H,1-3H3,(H,17,19). The zero-order valence-electron chi connectivity index (χ0n) is 11.8. The minimum Gasteiger partial charge on any atom is -0.495 e. The summed E-state index contributed by atoms with van der Waals surface area (Å²) in [7, 11) is 1.51. The van der Waals surface area contributed by atoms with Crippen molar-refractivity contribution in [2.75, 3.05) is 12.4 Å². The van der Waals surface area contributed by atoms with Crippen molar-refractivity contribution >= 4 is 23.2 Å². The maximum Gasteiger partial charge on any atom is 0.336 e. The number of carbonyl (C=O) groups excluding carboxylic acids is 1. The van der Waals surface area contributed by atoms with Gasteiger partial charge in [-0.05, 0) is 37.6 Å². The maximum absolute atomic E-state index is 12.3. The molecular weight excluding hydrogens is 294 g/mol. The van der Waals surface area contributed by atoms with Crippen LogP contribution in [-0.4, -0.2) is 13.0 Å². The van der Waals surface area contributed by atoms with Gasteiger partial charge in [0.1, 0.15) is 11.5 Å². The Kier molecular flexibility index (Phi) is 4.33. The monoisotopic (exact) mass is 307 g/mol. The SMILES string of the molecule is COc1ccc(NC(=O)c2c(C)cc(=O)oc2C)cc1Cl. The Labute approximate surface area is 126 Å². The first-order valence-electron chi connectivity index (χ1n) is 6.18. The summed E-state index contributed by atoms with van der Waals surface area (Å²) in [6.07, 6.45) is 0. The van der Waals surface area contributed by atoms with Gasteiger partial charge in [-0.2, -0.15) is 0 Å². The highest BCUT2D eigenvalue weighted by molar-refractivity contribution is 6.32. The molecule has 6 heteroatoms. The van der Waals surface area contributed by atoms with E-state index in [4.69, 9.17) is 20.8 Å². The molecule has 0 bridgehead atoms. The molecular formula is C15H14ClNO4. The minimum atomic E-state index is -0.478. The predicted octanol–water partition coefficient (Wildman–Crippen LogP) is 3.17. The summed E-state index contributed by atoms with van der Waals surface area (Å²) in [5, 5.41) is 3.10. The van der Waals surface area contributed by atoms with Crippen molar-refractivity contribution in [1.82, 2.24) is 0 Å². The van der Waals surface area contributed by atoms with Crippen LogP contribution in [0.4, 0.5) is 5.69 Å². The van der Waals surface area contributed by atoms with E-state index in [1.165, 1.54) is 13.2 Å². The zero-order chi connectivity index (χ0) is 15.6. The Hall–Kier alpha value is -2.27. The quantitative estimate of drug-likeness (QED) is 0.945. The average molecular weight is 308 g/mol. The Balaban J connectivity index is 2.30. The first-order chi connectivity index (χ1) is 9.92. The van der Waals surface area contributed by atoms with Crippen molar-refractivity contribution in [3.05, 3.63) is 56.6 Å². The van der Waals surface area contributed by atoms with Gasteiger partial charge >= 0.3 is 5.63 Å². The lowest BCUT2D eigenvalue weighted by Gasteiger charge is -2.10. The summed E-state index contributed by atoms with van der Waals surface area (Å²) in [6.45, 7) is 3.25. The molecule has 0 unspecified atom stereocenters. The molecule has 0 fully saturated rings. The molecule has 21 heavy (non-hydrogen) atoms. The molecule has 110 valence electrons. The Morgan fingerprint density at radius 1 is 1.29 bits per heavy atom. The van der Waals surface area contributed by atoms with Gasteiger partial charge in [-0.3, -0.25) is 4.79 Å². The van der Waals surface area contributed by atoms with E-state index in [0.29, 0.717) is 27.6 Å². The summed E-state index contributed by atoms with van der Waals surface area (Å²) in [6, 6.07) is 6.19. The number of benzene rings is 1. The molecule has 0 aliphatic carbocycles. The van der Waals surface area contributed by atoms with Crippen molar-refractivity contribution in [1.29, 1.82) is 0 Å². The molecule has 1 amide bonds. The molecule has 1 aromatic carbocycles. The van der Waals surface area contributed by atoms with Crippen molar-refractivity contribution in [2.45, 2.75) is 13.8 Å². The lowest BCUT2D eigenvalue weighted by Crippen LogP contribution is -2.17. The second-order valence-electron chi connectivity index (χ2n) is 4.48. The minimum absolute atomic E-state index is 0.275. The van der Waals surface area contributed by atoms with Gasteiger partial charge in [0.2, 0.25) is 0 Å². The highest BCUT2D eigenvalue weighted by Gasteiger charge is 2.15. The number of methoxy groups -OCH3 is 1. The predicted molar refractivity (Wildman–Crippen MR) is 80.4 cm³/mol. The molecule has 0 spiro atoms. The summed E-state index contributed by atoms with van der Waals surface area (Å²) >= 11 is 6.01. The number of carbonyl (C=O) groups is 1. The first-order valence-corrected chi connectivity index (χ1v) is 6.56. The van der Waals surface area contributed by atoms with E-state index < -0.39 is 5.63 Å². The fraction of sp³-hybridized carbons (Fsp3) is 0.200. The number of nitrogens with one attached hydrogen (secondary N) is 1. The third-order valence-electron chi connectivity index (χ3n) is 2.97. The number of ether oxygens (including phenoxy) is 1. The van der Waals surface area contributed by atoms with E-state index in [-0.39, 0.29) is 11.7 Å². The van der Waals surface area contributed by atoms with E-state index in [1.54, 1.807) is 32.0 Å². The number of aryl methyl sites for hydroxylation is 2. The molecule has 5 nitrogen and oxygen atoms in total. The average Bonchev–Trinajstić information content (AvgIpc) is 2.37. The van der Waals surface area contributed by atoms with Crippen LogP contribution in [0, 0.1) is 13.8 Å². The van der Waals surface area contributed by atoms with Crippen molar-refractivity contribution in [2.24, 2.45) is 0 Å². The number of anilines is 1. The maximum atomic E-state index is 12.3. The van der Waals surface area contributed by atoms with Gasteiger partial charge in [-0.25, -0.2) is 4.79 Å². The van der Waals surface area contributed by atoms with Crippen LogP contribution < -0.4 is 15.7 Å². The van der Waals surface area contributed by atoms with Gasteiger partial charge in [-0.1, -0.05) is 11.6 Å². The van der Waals surface area contributed by atoms with E-state index in [1.807, 2.05) is 0 Å². The van der Waals surface area contributed by atoms with Crippen LogP contribution in [0.5, 0.6) is 5.75 Å². The lowest BCUT2D eigenvalue weighted by molar-refractivity contribution is 0.102. The second kappa shape index (κ2) is 6.01. The number of hydrogen-bond acceptors (Lipinski definition) is 4. The Bertz CT molecular complexity index is 726. The number of halogens is 1. The van der Waals surface area contributed by atoms with Gasteiger partial charge in [0.25, 0.3) is 5.91 Å². The molecule has 2 aromatic rings. The summed E-state index contributed by atoms with van der Waals surface area (Å²) < 4.78 is 9.99. The van der Waals surface area contributed by atoms with E-state index in [2.05, 4.69) is 5.32 Å². The van der Waals surface area contributed by atoms with Gasteiger partial charge in [0.05, 0.1) is 17.7 Å². The largest absolute Gasteiger partial charge is 0.495 e. The van der Waals surface area contributed by atoms with Gasteiger partial charge < -0.3 is 14.5 Å². The fourth-order valence-corrected chi connectivity index (χ4v) is 2.29. The van der Waals surface area contributed by atoms with Crippen molar-refractivity contribution < 1.29 is 13.9 Å². The molecule has 0 radical (unpaired) electrons. The first kappa shape index (κ1) is 15.1. The second-order valence-corrected chi connectivity index (χ2v) is 4.89. The topological polar surface area (TPSA) is 68.5 Å². The van der Waals surface area contributed by atoms with Gasteiger partial charge in [0.15, 0.2) is 0 Å². The molecule has 0 aliphatic rings. The third-order valence-corrected chi connectivity index (χ3v) is 3.27. The summed E-state index contributed by atoms with van der Waals surface area (Å²) in [5.74, 6) is 0.430. The fourth-order valence-electron chi connectivity index (χ4n) is 2.03. The van der Waals surface area contributed by atoms with Crippen LogP contribution in [0.25, 0.3) is 0 Å². The van der Waals surface area contributed by atoms with Crippen LogP contribution in [0.1, 0.15) is 21.7 Å². The van der Waals surface area contributed by atoms with Crippen molar-refractivity contribution in [3.63, 3.8) is 0 Å². The number of amides is 1.